The molecule has 0 unspecified atom stereocenters. The third kappa shape index (κ3) is 4.03. The number of nitrogens with zero attached hydrogens (tertiary/aromatic N) is 2. The van der Waals surface area contributed by atoms with Gasteiger partial charge in [-0.2, -0.15) is 5.10 Å². The van der Waals surface area contributed by atoms with Crippen molar-refractivity contribution in [1.82, 2.24) is 9.78 Å². The van der Waals surface area contributed by atoms with Gasteiger partial charge < -0.3 is 14.8 Å². The summed E-state index contributed by atoms with van der Waals surface area (Å²) >= 11 is 0. The molecule has 0 spiro atoms. The van der Waals surface area contributed by atoms with Gasteiger partial charge in [-0.25, -0.2) is 4.79 Å². The average molecular weight is 419 g/mol. The first-order chi connectivity index (χ1) is 15.0. The number of rotatable bonds is 6. The van der Waals surface area contributed by atoms with E-state index >= 15 is 0 Å². The third-order valence-electron chi connectivity index (χ3n) is 5.64. The molecule has 1 N–H and O–H groups in total. The van der Waals surface area contributed by atoms with Crippen LogP contribution in [-0.4, -0.2) is 35.9 Å². The number of amides is 1. The highest BCUT2D eigenvalue weighted by Crippen LogP contribution is 2.37. The number of nitrogens with one attached hydrogen (secondary N) is 1. The second-order valence-electron chi connectivity index (χ2n) is 7.51. The summed E-state index contributed by atoms with van der Waals surface area (Å²) in [5, 5.41) is 7.53. The van der Waals surface area contributed by atoms with Crippen molar-refractivity contribution in [2.75, 3.05) is 19.5 Å². The number of aromatic nitrogens is 2. The number of methoxy groups -OCH3 is 2. The number of hydrogen-bond donors (Lipinski definition) is 1. The van der Waals surface area contributed by atoms with Gasteiger partial charge in [-0.15, -0.1) is 0 Å². The van der Waals surface area contributed by atoms with E-state index in [0.29, 0.717) is 17.7 Å². The van der Waals surface area contributed by atoms with E-state index in [9.17, 15) is 9.59 Å². The van der Waals surface area contributed by atoms with Gasteiger partial charge in [0.25, 0.3) is 0 Å². The topological polar surface area (TPSA) is 82.5 Å². The van der Waals surface area contributed by atoms with Crippen molar-refractivity contribution >= 4 is 17.6 Å². The molecule has 7 heteroatoms. The number of hydrogen-bond acceptors (Lipinski definition) is 5. The van der Waals surface area contributed by atoms with Gasteiger partial charge in [0.05, 0.1) is 36.9 Å². The summed E-state index contributed by atoms with van der Waals surface area (Å²) in [6.07, 6.45) is 2.59. The molecule has 0 saturated heterocycles. The number of para-hydroxylation sites is 1. The molecule has 31 heavy (non-hydrogen) atoms. The Morgan fingerprint density at radius 3 is 2.71 bits per heavy atom. The Hall–Kier alpha value is -3.61. The van der Waals surface area contributed by atoms with Crippen molar-refractivity contribution in [1.29, 1.82) is 0 Å². The van der Waals surface area contributed by atoms with E-state index in [1.807, 2.05) is 17.8 Å². The first kappa shape index (κ1) is 20.7. The van der Waals surface area contributed by atoms with E-state index in [1.54, 1.807) is 31.4 Å². The van der Waals surface area contributed by atoms with Crippen LogP contribution in [0.3, 0.4) is 0 Å². The fourth-order valence-corrected chi connectivity index (χ4v) is 4.14. The highest BCUT2D eigenvalue weighted by molar-refractivity contribution is 6.01. The molecular formula is C24H25N3O4. The number of aryl methyl sites for hydroxylation is 3. The van der Waals surface area contributed by atoms with Crippen LogP contribution in [0.4, 0.5) is 5.69 Å². The predicted octanol–water partition coefficient (Wildman–Crippen LogP) is 3.55. The highest BCUT2D eigenvalue weighted by Gasteiger charge is 2.24. The summed E-state index contributed by atoms with van der Waals surface area (Å²) in [5.74, 6) is 0.204. The molecule has 1 heterocycles. The van der Waals surface area contributed by atoms with Crippen LogP contribution in [0.2, 0.25) is 0 Å². The molecule has 2 aromatic carbocycles. The molecule has 160 valence electrons. The molecule has 1 aliphatic carbocycles. The Morgan fingerprint density at radius 1 is 1.13 bits per heavy atom. The smallest absolute Gasteiger partial charge is 0.339 e. The third-order valence-corrected chi connectivity index (χ3v) is 5.64. The van der Waals surface area contributed by atoms with Gasteiger partial charge >= 0.3 is 5.97 Å². The lowest BCUT2D eigenvalue weighted by molar-refractivity contribution is -0.116. The molecule has 0 fully saturated rings. The van der Waals surface area contributed by atoms with Crippen LogP contribution >= 0.6 is 0 Å². The molecule has 0 radical (unpaired) electrons. The standard InChI is InChI=1S/C24H25N3O4/c1-27-23-17-11-9-16(30-2)14-15(17)8-10-18(23)21(26-27)12-13-22(28)25-20-7-5-4-6-19(20)24(29)31-3/h4-7,9,11,14H,8,10,12-13H2,1-3H3,(H,25,28). The molecule has 3 aromatic rings. The first-order valence-electron chi connectivity index (χ1n) is 10.2. The Balaban J connectivity index is 1.50. The van der Waals surface area contributed by atoms with Gasteiger partial charge in [-0.3, -0.25) is 9.48 Å². The number of ether oxygens (including phenoxy) is 2. The molecule has 1 aliphatic rings. The Morgan fingerprint density at radius 2 is 1.94 bits per heavy atom. The zero-order valence-electron chi connectivity index (χ0n) is 17.9. The molecule has 1 aromatic heterocycles. The zero-order valence-corrected chi connectivity index (χ0v) is 17.9. The second kappa shape index (κ2) is 8.63. The summed E-state index contributed by atoms with van der Waals surface area (Å²) in [5.41, 5.74) is 6.44. The molecule has 0 bridgehead atoms. The van der Waals surface area contributed by atoms with Gasteiger partial charge in [0.1, 0.15) is 5.75 Å². The minimum absolute atomic E-state index is 0.170. The second-order valence-corrected chi connectivity index (χ2v) is 7.51. The van der Waals surface area contributed by atoms with Crippen molar-refractivity contribution in [3.8, 4) is 17.0 Å². The maximum Gasteiger partial charge on any atom is 0.339 e. The van der Waals surface area contributed by atoms with Crippen LogP contribution in [0.5, 0.6) is 5.75 Å². The van der Waals surface area contributed by atoms with Crippen molar-refractivity contribution in [3.05, 3.63) is 64.8 Å². The summed E-state index contributed by atoms with van der Waals surface area (Å²) in [6, 6.07) is 12.9. The number of anilines is 1. The summed E-state index contributed by atoms with van der Waals surface area (Å²) in [4.78, 5) is 24.5. The minimum atomic E-state index is -0.481. The monoisotopic (exact) mass is 419 g/mol. The van der Waals surface area contributed by atoms with E-state index < -0.39 is 5.97 Å². The molecule has 0 aliphatic heterocycles. The average Bonchev–Trinajstić information content (AvgIpc) is 3.12. The molecule has 4 rings (SSSR count). The van der Waals surface area contributed by atoms with E-state index in [2.05, 4.69) is 17.4 Å². The molecular weight excluding hydrogens is 394 g/mol. The number of benzene rings is 2. The Kier molecular flexibility index (Phi) is 5.75. The van der Waals surface area contributed by atoms with Gasteiger partial charge in [0, 0.05) is 31.0 Å². The SMILES string of the molecule is COC(=O)c1ccccc1NC(=O)CCc1nn(C)c2c1CCc1cc(OC)ccc1-2. The normalized spacial score (nSPS) is 12.0. The van der Waals surface area contributed by atoms with Crippen molar-refractivity contribution in [2.24, 2.45) is 7.05 Å². The van der Waals surface area contributed by atoms with Crippen LogP contribution in [0.15, 0.2) is 42.5 Å². The molecule has 1 amide bonds. The molecule has 0 saturated carbocycles. The molecule has 7 nitrogen and oxygen atoms in total. The van der Waals surface area contributed by atoms with E-state index in [4.69, 9.17) is 14.6 Å². The van der Waals surface area contributed by atoms with E-state index in [1.165, 1.54) is 23.8 Å². The minimum Gasteiger partial charge on any atom is -0.497 e. The van der Waals surface area contributed by atoms with Crippen molar-refractivity contribution in [3.63, 3.8) is 0 Å². The van der Waals surface area contributed by atoms with E-state index in [0.717, 1.165) is 30.0 Å². The van der Waals surface area contributed by atoms with Crippen molar-refractivity contribution in [2.45, 2.75) is 25.7 Å². The fourth-order valence-electron chi connectivity index (χ4n) is 4.14. The number of carbonyl (C=O) groups is 2. The highest BCUT2D eigenvalue weighted by atomic mass is 16.5. The maximum absolute atomic E-state index is 12.6. The van der Waals surface area contributed by atoms with Crippen LogP contribution in [0, 0.1) is 0 Å². The maximum atomic E-state index is 12.6. The van der Waals surface area contributed by atoms with Crippen molar-refractivity contribution < 1.29 is 19.1 Å². The summed E-state index contributed by atoms with van der Waals surface area (Å²) < 4.78 is 12.0. The first-order valence-corrected chi connectivity index (χ1v) is 10.2. The quantitative estimate of drug-likeness (QED) is 0.618. The van der Waals surface area contributed by atoms with Gasteiger partial charge in [0.2, 0.25) is 5.91 Å². The van der Waals surface area contributed by atoms with Gasteiger partial charge in [-0.1, -0.05) is 12.1 Å². The van der Waals surface area contributed by atoms with Crippen LogP contribution in [0.25, 0.3) is 11.3 Å². The summed E-state index contributed by atoms with van der Waals surface area (Å²) in [6.45, 7) is 0. The zero-order chi connectivity index (χ0) is 22.0. The largest absolute Gasteiger partial charge is 0.497 e. The van der Waals surface area contributed by atoms with E-state index in [-0.39, 0.29) is 12.3 Å². The van der Waals surface area contributed by atoms with Crippen LogP contribution < -0.4 is 10.1 Å². The van der Waals surface area contributed by atoms with Crippen LogP contribution in [-0.2, 0) is 35.8 Å². The summed E-state index contributed by atoms with van der Waals surface area (Å²) in [7, 11) is 4.93. The lowest BCUT2D eigenvalue weighted by atomic mass is 9.88. The van der Waals surface area contributed by atoms with Gasteiger partial charge in [-0.05, 0) is 48.7 Å². The lowest BCUT2D eigenvalue weighted by Crippen LogP contribution is -2.16. The molecule has 0 atom stereocenters. The Bertz CT molecular complexity index is 1150. The predicted molar refractivity (Wildman–Crippen MR) is 117 cm³/mol. The number of carbonyl (C=O) groups excluding carboxylic acids is 2. The Labute approximate surface area is 181 Å². The lowest BCUT2D eigenvalue weighted by Gasteiger charge is -2.18. The van der Waals surface area contributed by atoms with Crippen LogP contribution in [0.1, 0.15) is 33.6 Å². The number of esters is 1. The fraction of sp³-hybridized carbons (Fsp3) is 0.292. The van der Waals surface area contributed by atoms with Gasteiger partial charge in [0.15, 0.2) is 0 Å². The number of fused-ring (bicyclic) bond motifs is 3.